The smallest absolute Gasteiger partial charge is 0.166 e. The number of ether oxygens (including phenoxy) is 2. The first kappa shape index (κ1) is 13.7. The van der Waals surface area contributed by atoms with Crippen molar-refractivity contribution in [2.75, 3.05) is 5.73 Å². The van der Waals surface area contributed by atoms with Crippen molar-refractivity contribution in [3.05, 3.63) is 12.7 Å². The van der Waals surface area contributed by atoms with Crippen LogP contribution in [0, 0.1) is 11.8 Å². The van der Waals surface area contributed by atoms with Crippen LogP contribution in [0.5, 0.6) is 0 Å². The Morgan fingerprint density at radius 2 is 2.13 bits per heavy atom. The first-order chi connectivity index (χ1) is 11.0. The van der Waals surface area contributed by atoms with E-state index in [1.807, 2.05) is 20.2 Å². The molecule has 122 valence electrons. The van der Waals surface area contributed by atoms with Gasteiger partial charge in [-0.3, -0.25) is 0 Å². The third-order valence-corrected chi connectivity index (χ3v) is 5.87. The number of aromatic nitrogens is 4. The SMILES string of the molecule is CC[C@@H]1[C@H]2OC(C)(C)OC2C2(n3cnc4c(N)ncnc43)C[C@@H]12. The third kappa shape index (κ3) is 1.54. The molecule has 1 saturated heterocycles. The van der Waals surface area contributed by atoms with E-state index in [2.05, 4.69) is 26.4 Å². The Hall–Kier alpha value is -1.73. The van der Waals surface area contributed by atoms with Gasteiger partial charge in [0.15, 0.2) is 17.3 Å². The fraction of sp³-hybridized carbons (Fsp3) is 0.688. The van der Waals surface area contributed by atoms with Crippen LogP contribution in [0.2, 0.25) is 0 Å². The fourth-order valence-electron chi connectivity index (χ4n) is 4.95. The van der Waals surface area contributed by atoms with E-state index >= 15 is 0 Å². The van der Waals surface area contributed by atoms with Gasteiger partial charge in [0.1, 0.15) is 17.9 Å². The molecular weight excluding hydrogens is 294 g/mol. The molecule has 2 saturated carbocycles. The van der Waals surface area contributed by atoms with E-state index < -0.39 is 5.79 Å². The Kier molecular flexibility index (Phi) is 2.39. The highest BCUT2D eigenvalue weighted by Gasteiger charge is 2.76. The van der Waals surface area contributed by atoms with Gasteiger partial charge in [0.25, 0.3) is 0 Å². The van der Waals surface area contributed by atoms with E-state index in [0.717, 1.165) is 18.5 Å². The molecule has 7 heteroatoms. The molecule has 0 radical (unpaired) electrons. The summed E-state index contributed by atoms with van der Waals surface area (Å²) in [7, 11) is 0. The maximum absolute atomic E-state index is 6.32. The van der Waals surface area contributed by atoms with E-state index in [1.54, 1.807) is 0 Å². The topological polar surface area (TPSA) is 88.1 Å². The summed E-state index contributed by atoms with van der Waals surface area (Å²) in [5, 5.41) is 0. The molecule has 5 atom stereocenters. The number of rotatable bonds is 2. The number of hydrogen-bond donors (Lipinski definition) is 1. The molecule has 0 spiro atoms. The molecule has 23 heavy (non-hydrogen) atoms. The van der Waals surface area contributed by atoms with Crippen LogP contribution in [0.4, 0.5) is 5.82 Å². The predicted molar refractivity (Wildman–Crippen MR) is 83.4 cm³/mol. The van der Waals surface area contributed by atoms with Crippen molar-refractivity contribution in [1.82, 2.24) is 19.5 Å². The highest BCUT2D eigenvalue weighted by molar-refractivity contribution is 5.81. The minimum Gasteiger partial charge on any atom is -0.382 e. The van der Waals surface area contributed by atoms with Gasteiger partial charge >= 0.3 is 0 Å². The first-order valence-corrected chi connectivity index (χ1v) is 8.27. The zero-order valence-electron chi connectivity index (χ0n) is 13.6. The van der Waals surface area contributed by atoms with E-state index in [0.29, 0.717) is 23.2 Å². The van der Waals surface area contributed by atoms with E-state index in [9.17, 15) is 0 Å². The van der Waals surface area contributed by atoms with Gasteiger partial charge in [-0.25, -0.2) is 15.0 Å². The Bertz CT molecular complexity index is 803. The van der Waals surface area contributed by atoms with Gasteiger partial charge in [-0.2, -0.15) is 0 Å². The molecule has 3 aliphatic rings. The number of nitrogen functional groups attached to an aromatic ring is 1. The van der Waals surface area contributed by atoms with Crippen LogP contribution in [0.25, 0.3) is 11.2 Å². The average Bonchev–Trinajstić information content (AvgIpc) is 2.82. The Balaban J connectivity index is 1.66. The van der Waals surface area contributed by atoms with Crippen LogP contribution in [0.1, 0.15) is 33.6 Å². The largest absolute Gasteiger partial charge is 0.382 e. The molecular formula is C16H21N5O2. The fourth-order valence-corrected chi connectivity index (χ4v) is 4.95. The molecule has 3 fully saturated rings. The molecule has 2 aromatic rings. The van der Waals surface area contributed by atoms with Gasteiger partial charge in [-0.05, 0) is 32.1 Å². The van der Waals surface area contributed by atoms with Crippen LogP contribution >= 0.6 is 0 Å². The van der Waals surface area contributed by atoms with E-state index in [-0.39, 0.29) is 17.7 Å². The molecule has 3 heterocycles. The van der Waals surface area contributed by atoms with Crippen molar-refractivity contribution < 1.29 is 9.47 Å². The molecule has 2 aliphatic carbocycles. The van der Waals surface area contributed by atoms with Gasteiger partial charge in [-0.1, -0.05) is 13.3 Å². The summed E-state index contributed by atoms with van der Waals surface area (Å²) < 4.78 is 14.7. The molecule has 2 unspecified atom stereocenters. The van der Waals surface area contributed by atoms with Gasteiger partial charge in [0, 0.05) is 0 Å². The van der Waals surface area contributed by atoms with Crippen LogP contribution < -0.4 is 5.73 Å². The predicted octanol–water partition coefficient (Wildman–Crippen LogP) is 1.68. The van der Waals surface area contributed by atoms with Gasteiger partial charge in [0.2, 0.25) is 0 Å². The number of imidazole rings is 1. The van der Waals surface area contributed by atoms with Crippen LogP contribution in [-0.2, 0) is 15.0 Å². The van der Waals surface area contributed by atoms with Gasteiger partial charge < -0.3 is 19.8 Å². The second-order valence-corrected chi connectivity index (χ2v) is 7.44. The minimum atomic E-state index is -0.534. The molecule has 0 amide bonds. The summed E-state index contributed by atoms with van der Waals surface area (Å²) in [4.78, 5) is 12.9. The summed E-state index contributed by atoms with van der Waals surface area (Å²) in [5.41, 5.74) is 7.31. The molecule has 1 aliphatic heterocycles. The van der Waals surface area contributed by atoms with Crippen LogP contribution in [0.15, 0.2) is 12.7 Å². The van der Waals surface area contributed by atoms with Crippen molar-refractivity contribution >= 4 is 17.0 Å². The molecule has 2 N–H and O–H groups in total. The van der Waals surface area contributed by atoms with E-state index in [1.165, 1.54) is 6.33 Å². The Morgan fingerprint density at radius 3 is 2.91 bits per heavy atom. The van der Waals surface area contributed by atoms with Crippen LogP contribution in [-0.4, -0.2) is 37.5 Å². The molecule has 0 bridgehead atoms. The lowest BCUT2D eigenvalue weighted by Crippen LogP contribution is -2.36. The lowest BCUT2D eigenvalue weighted by molar-refractivity contribution is -0.161. The minimum absolute atomic E-state index is 0.0426. The Labute approximate surface area is 134 Å². The highest BCUT2D eigenvalue weighted by atomic mass is 16.8. The normalized spacial score (nSPS) is 40.3. The maximum Gasteiger partial charge on any atom is 0.166 e. The van der Waals surface area contributed by atoms with E-state index in [4.69, 9.17) is 15.2 Å². The lowest BCUT2D eigenvalue weighted by Gasteiger charge is -2.25. The Morgan fingerprint density at radius 1 is 1.30 bits per heavy atom. The second-order valence-electron chi connectivity index (χ2n) is 7.44. The summed E-state index contributed by atoms with van der Waals surface area (Å²) in [6, 6.07) is 0. The molecule has 7 nitrogen and oxygen atoms in total. The summed E-state index contributed by atoms with van der Waals surface area (Å²) in [6.45, 7) is 6.22. The maximum atomic E-state index is 6.32. The monoisotopic (exact) mass is 315 g/mol. The summed E-state index contributed by atoms with van der Waals surface area (Å²) >= 11 is 0. The average molecular weight is 315 g/mol. The van der Waals surface area contributed by atoms with Gasteiger partial charge in [-0.15, -0.1) is 0 Å². The molecule has 2 aromatic heterocycles. The zero-order valence-corrected chi connectivity index (χ0v) is 13.6. The quantitative estimate of drug-likeness (QED) is 0.907. The molecule has 0 aromatic carbocycles. The number of nitrogens with two attached hydrogens (primary N) is 1. The number of fused-ring (bicyclic) bond motifs is 4. The van der Waals surface area contributed by atoms with Crippen molar-refractivity contribution in [2.45, 2.75) is 57.1 Å². The summed E-state index contributed by atoms with van der Waals surface area (Å²) in [6.07, 6.45) is 5.72. The number of anilines is 1. The zero-order chi connectivity index (χ0) is 16.0. The van der Waals surface area contributed by atoms with Gasteiger partial charge in [0.05, 0.1) is 18.0 Å². The van der Waals surface area contributed by atoms with Crippen molar-refractivity contribution in [3.63, 3.8) is 0 Å². The second kappa shape index (κ2) is 4.02. The number of nitrogens with zero attached hydrogens (tertiary/aromatic N) is 4. The number of hydrogen-bond acceptors (Lipinski definition) is 6. The molecule has 5 rings (SSSR count). The lowest BCUT2D eigenvalue weighted by atomic mass is 9.97. The van der Waals surface area contributed by atoms with Crippen molar-refractivity contribution in [3.8, 4) is 0 Å². The van der Waals surface area contributed by atoms with Crippen molar-refractivity contribution in [1.29, 1.82) is 0 Å². The standard InChI is InChI=1S/C16H21N5O2/c1-4-8-9-5-16(9,12-11(8)22-15(2,3)23-12)21-7-20-10-13(17)18-6-19-14(10)21/h6-9,11-12H,4-5H2,1-3H3,(H2,17,18,19)/t8-,9-,11+,12?,16?/m0/s1. The van der Waals surface area contributed by atoms with Crippen LogP contribution in [0.3, 0.4) is 0 Å². The third-order valence-electron chi connectivity index (χ3n) is 5.87. The summed E-state index contributed by atoms with van der Waals surface area (Å²) in [5.74, 6) is 0.951. The first-order valence-electron chi connectivity index (χ1n) is 8.27. The van der Waals surface area contributed by atoms with Crippen molar-refractivity contribution in [2.24, 2.45) is 11.8 Å². The highest BCUT2D eigenvalue weighted by Crippen LogP contribution is 2.69.